The summed E-state index contributed by atoms with van der Waals surface area (Å²) in [5.41, 5.74) is 2.86. The van der Waals surface area contributed by atoms with Crippen molar-refractivity contribution in [2.45, 2.75) is 13.5 Å². The summed E-state index contributed by atoms with van der Waals surface area (Å²) in [5, 5.41) is 4.70. The minimum absolute atomic E-state index is 0.00737. The molecule has 0 aliphatic carbocycles. The number of hydrogen-bond donors (Lipinski definition) is 0. The Morgan fingerprint density at radius 3 is 2.72 bits per heavy atom. The van der Waals surface area contributed by atoms with Crippen LogP contribution in [0.5, 0.6) is 0 Å². The topological polar surface area (TPSA) is 20.3 Å². The number of ketones is 1. The van der Waals surface area contributed by atoms with E-state index in [-0.39, 0.29) is 5.78 Å². The number of carbonyl (C=O) groups excluding carboxylic acids is 1. The van der Waals surface area contributed by atoms with Gasteiger partial charge in [0.05, 0.1) is 5.02 Å². The zero-order valence-corrected chi connectivity index (χ0v) is 11.9. The van der Waals surface area contributed by atoms with Crippen molar-refractivity contribution in [3.05, 3.63) is 51.2 Å². The number of hydrogen-bond acceptors (Lipinski definition) is 3. The lowest BCUT2D eigenvalue weighted by molar-refractivity contribution is 0.101. The van der Waals surface area contributed by atoms with Crippen molar-refractivity contribution in [3.8, 4) is 0 Å². The van der Waals surface area contributed by atoms with Gasteiger partial charge < -0.3 is 4.90 Å². The number of rotatable bonds is 4. The van der Waals surface area contributed by atoms with E-state index in [0.717, 1.165) is 12.2 Å². The fourth-order valence-corrected chi connectivity index (χ4v) is 2.74. The Morgan fingerprint density at radius 1 is 1.39 bits per heavy atom. The van der Waals surface area contributed by atoms with Crippen LogP contribution in [-0.2, 0) is 6.54 Å². The summed E-state index contributed by atoms with van der Waals surface area (Å²) < 4.78 is 0. The summed E-state index contributed by atoms with van der Waals surface area (Å²) in [4.78, 5) is 13.4. The highest BCUT2D eigenvalue weighted by Crippen LogP contribution is 2.24. The first-order valence-electron chi connectivity index (χ1n) is 5.60. The van der Waals surface area contributed by atoms with Crippen LogP contribution in [0.15, 0.2) is 35.0 Å². The minimum Gasteiger partial charge on any atom is -0.370 e. The van der Waals surface area contributed by atoms with Crippen molar-refractivity contribution in [1.82, 2.24) is 0 Å². The third-order valence-electron chi connectivity index (χ3n) is 2.77. The molecular weight excluding hydrogens is 266 g/mol. The first-order chi connectivity index (χ1) is 8.58. The van der Waals surface area contributed by atoms with E-state index in [2.05, 4.69) is 21.7 Å². The quantitative estimate of drug-likeness (QED) is 0.780. The van der Waals surface area contributed by atoms with Gasteiger partial charge in [-0.05, 0) is 47.5 Å². The van der Waals surface area contributed by atoms with E-state index in [9.17, 15) is 4.79 Å². The van der Waals surface area contributed by atoms with Crippen LogP contribution in [0, 0.1) is 0 Å². The lowest BCUT2D eigenvalue weighted by Gasteiger charge is -2.19. The number of nitrogens with zero attached hydrogens (tertiary/aromatic N) is 1. The van der Waals surface area contributed by atoms with Crippen molar-refractivity contribution in [3.63, 3.8) is 0 Å². The third kappa shape index (κ3) is 2.92. The van der Waals surface area contributed by atoms with Gasteiger partial charge in [-0.25, -0.2) is 0 Å². The van der Waals surface area contributed by atoms with Gasteiger partial charge in [0, 0.05) is 24.8 Å². The van der Waals surface area contributed by atoms with Gasteiger partial charge in [-0.3, -0.25) is 4.79 Å². The highest BCUT2D eigenvalue weighted by Gasteiger charge is 2.09. The summed E-state index contributed by atoms with van der Waals surface area (Å²) in [6.45, 7) is 2.36. The zero-order valence-electron chi connectivity index (χ0n) is 10.3. The second-order valence-electron chi connectivity index (χ2n) is 4.21. The van der Waals surface area contributed by atoms with Crippen LogP contribution in [-0.4, -0.2) is 12.8 Å². The minimum atomic E-state index is -0.00737. The molecule has 0 fully saturated rings. The molecule has 4 heteroatoms. The van der Waals surface area contributed by atoms with Crippen LogP contribution < -0.4 is 4.90 Å². The van der Waals surface area contributed by atoms with Crippen molar-refractivity contribution in [2.24, 2.45) is 0 Å². The van der Waals surface area contributed by atoms with Gasteiger partial charge in [-0.2, -0.15) is 11.3 Å². The smallest absolute Gasteiger partial charge is 0.161 e. The maximum atomic E-state index is 11.3. The molecule has 1 heterocycles. The van der Waals surface area contributed by atoms with Crippen molar-refractivity contribution in [2.75, 3.05) is 11.9 Å². The molecule has 0 spiro atoms. The Balaban J connectivity index is 2.18. The molecule has 2 rings (SSSR count). The van der Waals surface area contributed by atoms with Crippen LogP contribution in [0.2, 0.25) is 5.02 Å². The predicted molar refractivity (Wildman–Crippen MR) is 77.9 cm³/mol. The Labute approximate surface area is 116 Å². The summed E-state index contributed by atoms with van der Waals surface area (Å²) in [6, 6.07) is 7.65. The van der Waals surface area contributed by atoms with Gasteiger partial charge in [0.15, 0.2) is 5.78 Å². The van der Waals surface area contributed by atoms with Crippen LogP contribution in [0.4, 0.5) is 5.69 Å². The third-order valence-corrected chi connectivity index (χ3v) is 3.82. The molecule has 1 aromatic heterocycles. The molecule has 0 radical (unpaired) electrons. The maximum absolute atomic E-state index is 11.3. The van der Waals surface area contributed by atoms with Gasteiger partial charge in [0.2, 0.25) is 0 Å². The first kappa shape index (κ1) is 13.1. The molecular formula is C14H14ClNOS. The zero-order chi connectivity index (χ0) is 13.1. The number of Topliss-reactive ketones (excluding diaryl/α,β-unsaturated/α-hetero) is 1. The molecule has 0 unspecified atom stereocenters. The second kappa shape index (κ2) is 5.55. The molecule has 2 nitrogen and oxygen atoms in total. The summed E-state index contributed by atoms with van der Waals surface area (Å²) in [6.07, 6.45) is 0. The lowest BCUT2D eigenvalue weighted by atomic mass is 10.1. The molecule has 0 amide bonds. The molecule has 2 aromatic rings. The standard InChI is InChI=1S/C14H14ClNOS/c1-10(17)13-4-3-12(7-14(13)15)16(2)8-11-5-6-18-9-11/h3-7,9H,8H2,1-2H3. The van der Waals surface area contributed by atoms with Crippen LogP contribution in [0.3, 0.4) is 0 Å². The van der Waals surface area contributed by atoms with Crippen molar-refractivity contribution in [1.29, 1.82) is 0 Å². The molecule has 0 aliphatic heterocycles. The van der Waals surface area contributed by atoms with E-state index < -0.39 is 0 Å². The fraction of sp³-hybridized carbons (Fsp3) is 0.214. The Bertz CT molecular complexity index is 551. The average molecular weight is 280 g/mol. The Hall–Kier alpha value is -1.32. The van der Waals surface area contributed by atoms with E-state index in [1.165, 1.54) is 12.5 Å². The molecule has 0 saturated heterocycles. The number of thiophene rings is 1. The van der Waals surface area contributed by atoms with Gasteiger partial charge >= 0.3 is 0 Å². The molecule has 0 atom stereocenters. The first-order valence-corrected chi connectivity index (χ1v) is 6.92. The largest absolute Gasteiger partial charge is 0.370 e. The number of carbonyl (C=O) groups is 1. The molecule has 94 valence electrons. The summed E-state index contributed by atoms with van der Waals surface area (Å²) in [7, 11) is 2.01. The second-order valence-corrected chi connectivity index (χ2v) is 5.40. The fourth-order valence-electron chi connectivity index (χ4n) is 1.77. The van der Waals surface area contributed by atoms with Crippen LogP contribution in [0.25, 0.3) is 0 Å². The number of benzene rings is 1. The van der Waals surface area contributed by atoms with E-state index in [1.807, 2.05) is 19.2 Å². The van der Waals surface area contributed by atoms with Crippen molar-refractivity contribution >= 4 is 34.4 Å². The lowest BCUT2D eigenvalue weighted by Crippen LogP contribution is -2.16. The molecule has 0 N–H and O–H groups in total. The Morgan fingerprint density at radius 2 is 2.17 bits per heavy atom. The SMILES string of the molecule is CC(=O)c1ccc(N(C)Cc2ccsc2)cc1Cl. The van der Waals surface area contributed by atoms with Crippen molar-refractivity contribution < 1.29 is 4.79 Å². The van der Waals surface area contributed by atoms with E-state index in [1.54, 1.807) is 17.4 Å². The molecule has 0 bridgehead atoms. The van der Waals surface area contributed by atoms with Gasteiger partial charge in [0.1, 0.15) is 0 Å². The highest BCUT2D eigenvalue weighted by atomic mass is 35.5. The summed E-state index contributed by atoms with van der Waals surface area (Å²) in [5.74, 6) is -0.00737. The highest BCUT2D eigenvalue weighted by molar-refractivity contribution is 7.07. The molecule has 0 saturated carbocycles. The molecule has 1 aromatic carbocycles. The number of anilines is 1. The van der Waals surface area contributed by atoms with Crippen LogP contribution >= 0.6 is 22.9 Å². The van der Waals surface area contributed by atoms with E-state index in [0.29, 0.717) is 10.6 Å². The van der Waals surface area contributed by atoms with E-state index in [4.69, 9.17) is 11.6 Å². The number of halogens is 1. The molecule has 18 heavy (non-hydrogen) atoms. The Kier molecular flexibility index (Phi) is 4.04. The van der Waals surface area contributed by atoms with Gasteiger partial charge in [-0.1, -0.05) is 11.6 Å². The van der Waals surface area contributed by atoms with Gasteiger partial charge in [-0.15, -0.1) is 0 Å². The maximum Gasteiger partial charge on any atom is 0.161 e. The monoisotopic (exact) mass is 279 g/mol. The van der Waals surface area contributed by atoms with Gasteiger partial charge in [0.25, 0.3) is 0 Å². The van der Waals surface area contributed by atoms with E-state index >= 15 is 0 Å². The average Bonchev–Trinajstić information content (AvgIpc) is 2.81. The molecule has 0 aliphatic rings. The summed E-state index contributed by atoms with van der Waals surface area (Å²) >= 11 is 7.79. The normalized spacial score (nSPS) is 10.4. The van der Waals surface area contributed by atoms with Crippen LogP contribution in [0.1, 0.15) is 22.8 Å². The predicted octanol–water partition coefficient (Wildman–Crippen LogP) is 4.24.